The lowest BCUT2D eigenvalue weighted by Gasteiger charge is -2.20. The predicted molar refractivity (Wildman–Crippen MR) is 83.8 cm³/mol. The van der Waals surface area contributed by atoms with Crippen molar-refractivity contribution in [3.05, 3.63) is 23.3 Å². The Hall–Kier alpha value is -1.60. The number of aliphatic carboxylic acids is 1. The van der Waals surface area contributed by atoms with Gasteiger partial charge in [-0.2, -0.15) is 0 Å². The molecule has 1 rings (SSSR count). The fourth-order valence-electron chi connectivity index (χ4n) is 2.32. The molecular weight excluding hydrogens is 306 g/mol. The monoisotopic (exact) mass is 329 g/mol. The van der Waals surface area contributed by atoms with Crippen molar-refractivity contribution in [2.24, 2.45) is 0 Å². The normalized spacial score (nSPS) is 11.7. The summed E-state index contributed by atoms with van der Waals surface area (Å²) in [6.07, 6.45) is 1.01. The number of aryl methyl sites for hydroxylation is 2. The van der Waals surface area contributed by atoms with Crippen molar-refractivity contribution in [1.82, 2.24) is 4.31 Å². The molecule has 0 aliphatic heterocycles. The number of carbonyl (C=O) groups is 1. The molecule has 22 heavy (non-hydrogen) atoms. The summed E-state index contributed by atoms with van der Waals surface area (Å²) in [7, 11) is -0.544. The molecule has 6 nitrogen and oxygen atoms in total. The number of benzene rings is 1. The highest BCUT2D eigenvalue weighted by Crippen LogP contribution is 2.27. The van der Waals surface area contributed by atoms with E-state index < -0.39 is 16.0 Å². The van der Waals surface area contributed by atoms with Crippen molar-refractivity contribution in [2.75, 3.05) is 20.7 Å². The maximum Gasteiger partial charge on any atom is 0.303 e. The van der Waals surface area contributed by atoms with Gasteiger partial charge in [-0.1, -0.05) is 0 Å². The smallest absolute Gasteiger partial charge is 0.303 e. The van der Waals surface area contributed by atoms with Gasteiger partial charge in [-0.05, 0) is 49.9 Å². The van der Waals surface area contributed by atoms with Crippen molar-refractivity contribution in [3.8, 4) is 5.75 Å². The van der Waals surface area contributed by atoms with Crippen LogP contribution in [0.4, 0.5) is 0 Å². The number of methoxy groups -OCH3 is 1. The Morgan fingerprint density at radius 1 is 1.23 bits per heavy atom. The van der Waals surface area contributed by atoms with Gasteiger partial charge in [0.1, 0.15) is 5.75 Å². The maximum atomic E-state index is 12.7. The average Bonchev–Trinajstić information content (AvgIpc) is 2.41. The van der Waals surface area contributed by atoms with Gasteiger partial charge in [-0.3, -0.25) is 4.79 Å². The van der Waals surface area contributed by atoms with Crippen LogP contribution in [0, 0.1) is 13.8 Å². The van der Waals surface area contributed by atoms with E-state index in [0.717, 1.165) is 0 Å². The van der Waals surface area contributed by atoms with Crippen molar-refractivity contribution >= 4 is 16.0 Å². The van der Waals surface area contributed by atoms with Crippen molar-refractivity contribution in [3.63, 3.8) is 0 Å². The van der Waals surface area contributed by atoms with E-state index in [4.69, 9.17) is 9.84 Å². The van der Waals surface area contributed by atoms with Crippen LogP contribution in [0.2, 0.25) is 0 Å². The molecule has 124 valence electrons. The molecule has 7 heteroatoms. The van der Waals surface area contributed by atoms with Gasteiger partial charge < -0.3 is 9.84 Å². The Bertz CT molecular complexity index is 616. The van der Waals surface area contributed by atoms with Gasteiger partial charge in [0.15, 0.2) is 0 Å². The molecule has 0 fully saturated rings. The first-order valence-corrected chi connectivity index (χ1v) is 8.47. The molecule has 0 spiro atoms. The molecule has 0 atom stereocenters. The molecular formula is C15H23NO5S. The van der Waals surface area contributed by atoms with Crippen molar-refractivity contribution < 1.29 is 23.1 Å². The zero-order valence-corrected chi connectivity index (χ0v) is 14.2. The Kier molecular flexibility index (Phi) is 6.37. The molecule has 0 saturated carbocycles. The fourth-order valence-corrected chi connectivity index (χ4v) is 3.93. The van der Waals surface area contributed by atoms with Crippen molar-refractivity contribution in [1.29, 1.82) is 0 Å². The zero-order valence-electron chi connectivity index (χ0n) is 13.4. The molecule has 0 aliphatic carbocycles. The quantitative estimate of drug-likeness (QED) is 0.739. The minimum Gasteiger partial charge on any atom is -0.497 e. The van der Waals surface area contributed by atoms with Gasteiger partial charge in [-0.15, -0.1) is 0 Å². The van der Waals surface area contributed by atoms with Gasteiger partial charge in [-0.25, -0.2) is 12.7 Å². The van der Waals surface area contributed by atoms with E-state index in [1.54, 1.807) is 26.0 Å². The number of hydrogen-bond donors (Lipinski definition) is 1. The Morgan fingerprint density at radius 2 is 1.77 bits per heavy atom. The van der Waals surface area contributed by atoms with E-state index in [-0.39, 0.29) is 11.3 Å². The largest absolute Gasteiger partial charge is 0.497 e. The van der Waals surface area contributed by atoms with Gasteiger partial charge in [0.05, 0.1) is 12.0 Å². The Morgan fingerprint density at radius 3 is 2.23 bits per heavy atom. The Balaban J connectivity index is 2.92. The molecule has 0 saturated heterocycles. The van der Waals surface area contributed by atoms with Crippen LogP contribution >= 0.6 is 0 Å². The van der Waals surface area contributed by atoms with E-state index in [2.05, 4.69) is 0 Å². The van der Waals surface area contributed by atoms with E-state index in [1.165, 1.54) is 18.5 Å². The Labute approximate surface area is 131 Å². The molecule has 0 radical (unpaired) electrons. The number of hydrogen-bond acceptors (Lipinski definition) is 4. The first-order valence-electron chi connectivity index (χ1n) is 7.03. The van der Waals surface area contributed by atoms with E-state index in [9.17, 15) is 13.2 Å². The van der Waals surface area contributed by atoms with Crippen LogP contribution in [-0.4, -0.2) is 44.5 Å². The van der Waals surface area contributed by atoms with Crippen LogP contribution in [0.5, 0.6) is 5.75 Å². The second-order valence-electron chi connectivity index (χ2n) is 5.27. The molecule has 0 heterocycles. The molecule has 0 amide bonds. The average molecular weight is 329 g/mol. The topological polar surface area (TPSA) is 83.9 Å². The van der Waals surface area contributed by atoms with Crippen LogP contribution < -0.4 is 4.74 Å². The molecule has 0 aromatic heterocycles. The van der Waals surface area contributed by atoms with E-state index in [1.807, 2.05) is 0 Å². The molecule has 0 bridgehead atoms. The number of carboxylic acids is 1. The van der Waals surface area contributed by atoms with Gasteiger partial charge in [0, 0.05) is 20.0 Å². The second kappa shape index (κ2) is 7.60. The summed E-state index contributed by atoms with van der Waals surface area (Å²) >= 11 is 0. The van der Waals surface area contributed by atoms with Crippen LogP contribution in [-0.2, 0) is 14.8 Å². The van der Waals surface area contributed by atoms with Crippen LogP contribution in [0.3, 0.4) is 0 Å². The van der Waals surface area contributed by atoms with E-state index in [0.29, 0.717) is 36.3 Å². The third kappa shape index (κ3) is 4.45. The number of ether oxygens (including phenoxy) is 1. The zero-order chi connectivity index (χ0) is 16.9. The van der Waals surface area contributed by atoms with Crippen molar-refractivity contribution in [2.45, 2.75) is 38.0 Å². The predicted octanol–water partition coefficient (Wildman–Crippen LogP) is 2.19. The summed E-state index contributed by atoms with van der Waals surface area (Å²) in [5.74, 6) is -0.245. The van der Waals surface area contributed by atoms with E-state index >= 15 is 0 Å². The second-order valence-corrected chi connectivity index (χ2v) is 7.25. The van der Waals surface area contributed by atoms with Crippen LogP contribution in [0.1, 0.15) is 30.4 Å². The molecule has 1 aromatic rings. The first kappa shape index (κ1) is 18.4. The summed E-state index contributed by atoms with van der Waals surface area (Å²) in [6.45, 7) is 3.77. The molecule has 1 aromatic carbocycles. The minimum absolute atomic E-state index is 0.0501. The third-order valence-corrected chi connectivity index (χ3v) is 5.61. The number of rotatable bonds is 8. The first-order chi connectivity index (χ1) is 10.2. The van der Waals surface area contributed by atoms with Gasteiger partial charge >= 0.3 is 5.97 Å². The van der Waals surface area contributed by atoms with Gasteiger partial charge in [0.25, 0.3) is 0 Å². The number of nitrogens with zero attached hydrogens (tertiary/aromatic N) is 1. The minimum atomic E-state index is -3.60. The number of unbranched alkanes of at least 4 members (excludes halogenated alkanes) is 1. The summed E-state index contributed by atoms with van der Waals surface area (Å²) in [5.41, 5.74) is 1.27. The standard InChI is InChI=1S/C15H23NO5S/c1-11-9-13(21-4)10-12(2)15(11)22(19,20)16(3)8-6-5-7-14(17)18/h9-10H,5-8H2,1-4H3,(H,17,18). The van der Waals surface area contributed by atoms with Crippen LogP contribution in [0.15, 0.2) is 17.0 Å². The summed E-state index contributed by atoms with van der Waals surface area (Å²) in [6, 6.07) is 3.39. The number of carboxylic acid groups (broad SMARTS) is 1. The SMILES string of the molecule is COc1cc(C)c(S(=O)(=O)N(C)CCCCC(=O)O)c(C)c1. The fraction of sp³-hybridized carbons (Fsp3) is 0.533. The van der Waals surface area contributed by atoms with Gasteiger partial charge in [0.2, 0.25) is 10.0 Å². The summed E-state index contributed by atoms with van der Waals surface area (Å²) < 4.78 is 31.8. The third-order valence-electron chi connectivity index (χ3n) is 3.45. The lowest BCUT2D eigenvalue weighted by molar-refractivity contribution is -0.137. The molecule has 1 N–H and O–H groups in total. The van der Waals surface area contributed by atoms with Crippen LogP contribution in [0.25, 0.3) is 0 Å². The molecule has 0 aliphatic rings. The summed E-state index contributed by atoms with van der Waals surface area (Å²) in [4.78, 5) is 10.8. The lowest BCUT2D eigenvalue weighted by Crippen LogP contribution is -2.29. The highest BCUT2D eigenvalue weighted by Gasteiger charge is 2.25. The number of sulfonamides is 1. The lowest BCUT2D eigenvalue weighted by atomic mass is 10.1. The maximum absolute atomic E-state index is 12.7. The molecule has 0 unspecified atom stereocenters. The highest BCUT2D eigenvalue weighted by atomic mass is 32.2. The summed E-state index contributed by atoms with van der Waals surface area (Å²) in [5, 5.41) is 8.60. The highest BCUT2D eigenvalue weighted by molar-refractivity contribution is 7.89.